The zero-order valence-electron chi connectivity index (χ0n) is 10.0. The molecule has 1 aliphatic carbocycles. The third-order valence-corrected chi connectivity index (χ3v) is 3.76. The van der Waals surface area contributed by atoms with Gasteiger partial charge in [0.2, 0.25) is 0 Å². The predicted octanol–water partition coefficient (Wildman–Crippen LogP) is 4.04. The molecule has 0 radical (unpaired) electrons. The largest absolute Gasteiger partial charge is 0.335 e. The molecule has 0 heterocycles. The molecule has 3 nitrogen and oxygen atoms in total. The molecule has 0 spiro atoms. The molecule has 1 fully saturated rings. The quantitative estimate of drug-likeness (QED) is 0.849. The average molecular weight is 315 g/mol. The van der Waals surface area contributed by atoms with Crippen LogP contribution in [0.15, 0.2) is 22.7 Å². The summed E-state index contributed by atoms with van der Waals surface area (Å²) in [6.07, 6.45) is 5.64. The monoisotopic (exact) mass is 314 g/mol. The minimum Gasteiger partial charge on any atom is -0.335 e. The lowest BCUT2D eigenvalue weighted by Crippen LogP contribution is -2.39. The Labute approximate surface area is 114 Å². The van der Waals surface area contributed by atoms with Crippen LogP contribution in [0.4, 0.5) is 14.9 Å². The van der Waals surface area contributed by atoms with Crippen LogP contribution in [0.3, 0.4) is 0 Å². The fourth-order valence-corrected chi connectivity index (χ4v) is 2.42. The Morgan fingerprint density at radius 2 is 2.00 bits per heavy atom. The second-order valence-corrected chi connectivity index (χ2v) is 5.42. The van der Waals surface area contributed by atoms with Crippen molar-refractivity contribution in [3.8, 4) is 0 Å². The van der Waals surface area contributed by atoms with Gasteiger partial charge in [-0.3, -0.25) is 0 Å². The molecule has 1 aliphatic rings. The van der Waals surface area contributed by atoms with E-state index in [4.69, 9.17) is 0 Å². The molecule has 2 amide bonds. The highest BCUT2D eigenvalue weighted by molar-refractivity contribution is 9.10. The molecule has 0 aliphatic heterocycles. The van der Waals surface area contributed by atoms with E-state index in [-0.39, 0.29) is 17.9 Å². The molecule has 0 bridgehead atoms. The van der Waals surface area contributed by atoms with Crippen molar-refractivity contribution in [1.82, 2.24) is 5.32 Å². The molecule has 1 aromatic rings. The van der Waals surface area contributed by atoms with Crippen LogP contribution in [-0.4, -0.2) is 12.1 Å². The van der Waals surface area contributed by atoms with Gasteiger partial charge in [-0.05, 0) is 47.0 Å². The van der Waals surface area contributed by atoms with E-state index in [1.54, 1.807) is 12.1 Å². The van der Waals surface area contributed by atoms with Crippen molar-refractivity contribution in [1.29, 1.82) is 0 Å². The van der Waals surface area contributed by atoms with Crippen LogP contribution in [0.1, 0.15) is 32.1 Å². The van der Waals surface area contributed by atoms with E-state index in [0.717, 1.165) is 25.7 Å². The maximum absolute atomic E-state index is 13.3. The van der Waals surface area contributed by atoms with Gasteiger partial charge in [-0.15, -0.1) is 0 Å². The zero-order valence-corrected chi connectivity index (χ0v) is 11.6. The number of benzene rings is 1. The number of anilines is 1. The van der Waals surface area contributed by atoms with Crippen LogP contribution in [0.25, 0.3) is 0 Å². The number of urea groups is 1. The van der Waals surface area contributed by atoms with E-state index in [1.165, 1.54) is 12.5 Å². The van der Waals surface area contributed by atoms with Crippen LogP contribution < -0.4 is 10.6 Å². The Kier molecular flexibility index (Phi) is 4.58. The molecule has 2 N–H and O–H groups in total. The normalized spacial score (nSPS) is 16.3. The van der Waals surface area contributed by atoms with Gasteiger partial charge in [0.05, 0.1) is 4.47 Å². The van der Waals surface area contributed by atoms with Gasteiger partial charge in [-0.25, -0.2) is 9.18 Å². The summed E-state index contributed by atoms with van der Waals surface area (Å²) in [6.45, 7) is 0. The first-order chi connectivity index (χ1) is 8.65. The molecule has 2 rings (SSSR count). The molecule has 0 saturated heterocycles. The van der Waals surface area contributed by atoms with Crippen molar-refractivity contribution < 1.29 is 9.18 Å². The first kappa shape index (κ1) is 13.3. The standard InChI is InChI=1S/C13H16BrFN2O/c14-11-7-6-10(8-12(11)15)17-13(18)16-9-4-2-1-3-5-9/h6-9H,1-5H2,(H2,16,17,18). The number of carbonyl (C=O) groups excluding carboxylic acids is 1. The van der Waals surface area contributed by atoms with Crippen molar-refractivity contribution in [3.63, 3.8) is 0 Å². The molecule has 0 unspecified atom stereocenters. The Morgan fingerprint density at radius 1 is 1.28 bits per heavy atom. The minimum absolute atomic E-state index is 0.249. The van der Waals surface area contributed by atoms with Gasteiger partial charge in [-0.1, -0.05) is 19.3 Å². The summed E-state index contributed by atoms with van der Waals surface area (Å²) in [5.74, 6) is -0.384. The van der Waals surface area contributed by atoms with Crippen LogP contribution in [0.5, 0.6) is 0 Å². The van der Waals surface area contributed by atoms with Gasteiger partial charge >= 0.3 is 6.03 Å². The summed E-state index contributed by atoms with van der Waals surface area (Å²) in [5, 5.41) is 5.56. The third kappa shape index (κ3) is 3.70. The summed E-state index contributed by atoms with van der Waals surface area (Å²) in [4.78, 5) is 11.7. The molecule has 98 valence electrons. The number of amides is 2. The van der Waals surface area contributed by atoms with Crippen molar-refractivity contribution in [3.05, 3.63) is 28.5 Å². The highest BCUT2D eigenvalue weighted by atomic mass is 79.9. The Hall–Kier alpha value is -1.10. The molecule has 0 atom stereocenters. The second-order valence-electron chi connectivity index (χ2n) is 4.56. The van der Waals surface area contributed by atoms with Crippen LogP contribution in [-0.2, 0) is 0 Å². The number of hydrogen-bond acceptors (Lipinski definition) is 1. The van der Waals surface area contributed by atoms with Gasteiger partial charge in [0.1, 0.15) is 5.82 Å². The lowest BCUT2D eigenvalue weighted by Gasteiger charge is -2.22. The Morgan fingerprint density at radius 3 is 2.67 bits per heavy atom. The summed E-state index contributed by atoms with van der Waals surface area (Å²) in [5.41, 5.74) is 0.462. The maximum atomic E-state index is 13.3. The highest BCUT2D eigenvalue weighted by Gasteiger charge is 2.15. The van der Waals surface area contributed by atoms with E-state index in [0.29, 0.717) is 10.2 Å². The first-order valence-electron chi connectivity index (χ1n) is 6.18. The maximum Gasteiger partial charge on any atom is 0.319 e. The van der Waals surface area contributed by atoms with E-state index in [9.17, 15) is 9.18 Å². The molecule has 18 heavy (non-hydrogen) atoms. The Bertz CT molecular complexity index is 433. The minimum atomic E-state index is -0.384. The van der Waals surface area contributed by atoms with Gasteiger partial charge in [0.25, 0.3) is 0 Å². The number of carbonyl (C=O) groups is 1. The molecule has 0 aromatic heterocycles. The lowest BCUT2D eigenvalue weighted by molar-refractivity contribution is 0.244. The van der Waals surface area contributed by atoms with E-state index in [1.807, 2.05) is 0 Å². The lowest BCUT2D eigenvalue weighted by atomic mass is 9.96. The summed E-state index contributed by atoms with van der Waals surface area (Å²) in [6, 6.07) is 4.52. The summed E-state index contributed by atoms with van der Waals surface area (Å²) < 4.78 is 13.7. The number of hydrogen-bond donors (Lipinski definition) is 2. The number of halogens is 2. The third-order valence-electron chi connectivity index (χ3n) is 3.12. The van der Waals surface area contributed by atoms with Crippen LogP contribution in [0.2, 0.25) is 0 Å². The van der Waals surface area contributed by atoms with Crippen molar-refractivity contribution >= 4 is 27.6 Å². The topological polar surface area (TPSA) is 41.1 Å². The summed E-state index contributed by atoms with van der Waals surface area (Å²) in [7, 11) is 0. The second kappa shape index (κ2) is 6.18. The van der Waals surface area contributed by atoms with Gasteiger partial charge < -0.3 is 10.6 Å². The summed E-state index contributed by atoms with van der Waals surface area (Å²) >= 11 is 3.07. The first-order valence-corrected chi connectivity index (χ1v) is 6.97. The van der Waals surface area contributed by atoms with Crippen molar-refractivity contribution in [2.75, 3.05) is 5.32 Å². The molecule has 5 heteroatoms. The zero-order chi connectivity index (χ0) is 13.0. The highest BCUT2D eigenvalue weighted by Crippen LogP contribution is 2.20. The van der Waals surface area contributed by atoms with Gasteiger partial charge in [-0.2, -0.15) is 0 Å². The predicted molar refractivity (Wildman–Crippen MR) is 73.1 cm³/mol. The average Bonchev–Trinajstić information content (AvgIpc) is 2.35. The molecule has 1 saturated carbocycles. The Balaban J connectivity index is 1.88. The molecule has 1 aromatic carbocycles. The van der Waals surface area contributed by atoms with Gasteiger partial charge in [0.15, 0.2) is 0 Å². The van der Waals surface area contributed by atoms with Crippen molar-refractivity contribution in [2.45, 2.75) is 38.1 Å². The number of nitrogens with one attached hydrogen (secondary N) is 2. The fraction of sp³-hybridized carbons (Fsp3) is 0.462. The van der Waals surface area contributed by atoms with Crippen LogP contribution in [0, 0.1) is 5.82 Å². The van der Waals surface area contributed by atoms with E-state index < -0.39 is 0 Å². The molecular formula is C13H16BrFN2O. The van der Waals surface area contributed by atoms with E-state index >= 15 is 0 Å². The van der Waals surface area contributed by atoms with Gasteiger partial charge in [0, 0.05) is 11.7 Å². The fourth-order valence-electron chi connectivity index (χ4n) is 2.17. The van der Waals surface area contributed by atoms with Crippen LogP contribution >= 0.6 is 15.9 Å². The molecular weight excluding hydrogens is 299 g/mol. The number of rotatable bonds is 2. The smallest absolute Gasteiger partial charge is 0.319 e. The SMILES string of the molecule is O=C(Nc1ccc(Br)c(F)c1)NC1CCCCC1. The van der Waals surface area contributed by atoms with E-state index in [2.05, 4.69) is 26.6 Å². The van der Waals surface area contributed by atoms with Crippen molar-refractivity contribution in [2.24, 2.45) is 0 Å².